The van der Waals surface area contributed by atoms with Crippen LogP contribution in [-0.2, 0) is 0 Å². The number of aryl methyl sites for hydroxylation is 1. The quantitative estimate of drug-likeness (QED) is 0.647. The third-order valence-electron chi connectivity index (χ3n) is 4.76. The summed E-state index contributed by atoms with van der Waals surface area (Å²) in [5.41, 5.74) is 2.08. The van der Waals surface area contributed by atoms with Crippen LogP contribution in [0.25, 0.3) is 0 Å². The summed E-state index contributed by atoms with van der Waals surface area (Å²) >= 11 is 0. The molecular weight excluding hydrogens is 330 g/mol. The number of nitro benzene ring substituents is 1. The van der Waals surface area contributed by atoms with Crippen LogP contribution >= 0.6 is 0 Å². The summed E-state index contributed by atoms with van der Waals surface area (Å²) in [5.74, 6) is -0.456. The third-order valence-corrected chi connectivity index (χ3v) is 4.76. The Morgan fingerprint density at radius 2 is 1.73 bits per heavy atom. The molecule has 1 aliphatic rings. The zero-order chi connectivity index (χ0) is 18.5. The van der Waals surface area contributed by atoms with E-state index in [9.17, 15) is 14.9 Å². The van der Waals surface area contributed by atoms with Crippen LogP contribution in [0.15, 0.2) is 42.5 Å². The lowest BCUT2D eigenvalue weighted by Crippen LogP contribution is -2.25. The molecule has 1 fully saturated rings. The number of carbonyl (C=O) groups is 1. The summed E-state index contributed by atoms with van der Waals surface area (Å²) in [6, 6.07) is 12.4. The van der Waals surface area contributed by atoms with Gasteiger partial charge in [0.15, 0.2) is 0 Å². The Morgan fingerprint density at radius 1 is 1.04 bits per heavy atom. The highest BCUT2D eigenvalue weighted by atomic mass is 16.6. The van der Waals surface area contributed by atoms with Gasteiger partial charge in [-0.2, -0.15) is 0 Å². The molecule has 1 heterocycles. The second-order valence-corrected chi connectivity index (χ2v) is 6.60. The van der Waals surface area contributed by atoms with Crippen molar-refractivity contribution in [3.63, 3.8) is 0 Å². The molecule has 136 valence electrons. The maximum atomic E-state index is 12.8. The van der Waals surface area contributed by atoms with Gasteiger partial charge in [-0.25, -0.2) is 0 Å². The Kier molecular flexibility index (Phi) is 5.51. The lowest BCUT2D eigenvalue weighted by atomic mass is 10.1. The van der Waals surface area contributed by atoms with E-state index >= 15 is 0 Å². The fourth-order valence-electron chi connectivity index (χ4n) is 3.44. The van der Waals surface area contributed by atoms with Gasteiger partial charge in [-0.15, -0.1) is 0 Å². The van der Waals surface area contributed by atoms with Gasteiger partial charge in [-0.3, -0.25) is 14.9 Å². The molecule has 1 aliphatic heterocycles. The summed E-state index contributed by atoms with van der Waals surface area (Å²) in [5, 5.41) is 14.3. The van der Waals surface area contributed by atoms with E-state index in [2.05, 4.69) is 10.2 Å². The summed E-state index contributed by atoms with van der Waals surface area (Å²) in [7, 11) is 0. The molecule has 2 aromatic rings. The van der Waals surface area contributed by atoms with E-state index in [1.165, 1.54) is 18.9 Å². The van der Waals surface area contributed by atoms with Crippen molar-refractivity contribution in [1.29, 1.82) is 0 Å². The number of carbonyl (C=O) groups excluding carboxylic acids is 1. The summed E-state index contributed by atoms with van der Waals surface area (Å²) in [4.78, 5) is 25.9. The van der Waals surface area contributed by atoms with Crippen molar-refractivity contribution in [2.45, 2.75) is 32.6 Å². The number of nitrogens with zero attached hydrogens (tertiary/aromatic N) is 2. The molecule has 0 bridgehead atoms. The predicted molar refractivity (Wildman–Crippen MR) is 103 cm³/mol. The molecule has 1 N–H and O–H groups in total. The fraction of sp³-hybridized carbons (Fsp3) is 0.350. The Labute approximate surface area is 153 Å². The van der Waals surface area contributed by atoms with Crippen molar-refractivity contribution in [2.24, 2.45) is 0 Å². The van der Waals surface area contributed by atoms with E-state index in [1.807, 2.05) is 24.3 Å². The van der Waals surface area contributed by atoms with Crippen molar-refractivity contribution in [3.05, 3.63) is 63.7 Å². The van der Waals surface area contributed by atoms with E-state index < -0.39 is 10.8 Å². The fourth-order valence-corrected chi connectivity index (χ4v) is 3.44. The number of anilines is 2. The first kappa shape index (κ1) is 17.9. The average Bonchev–Trinajstić information content (AvgIpc) is 2.91. The molecule has 6 heteroatoms. The second kappa shape index (κ2) is 7.99. The molecule has 0 atom stereocenters. The molecule has 0 spiro atoms. The van der Waals surface area contributed by atoms with Gasteiger partial charge in [0.2, 0.25) is 0 Å². The van der Waals surface area contributed by atoms with Crippen LogP contribution in [0.4, 0.5) is 17.1 Å². The van der Waals surface area contributed by atoms with Crippen LogP contribution in [0.2, 0.25) is 0 Å². The van der Waals surface area contributed by atoms with Crippen LogP contribution in [0.3, 0.4) is 0 Å². The minimum atomic E-state index is -0.495. The lowest BCUT2D eigenvalue weighted by molar-refractivity contribution is -0.385. The molecule has 1 amide bonds. The second-order valence-electron chi connectivity index (χ2n) is 6.60. The van der Waals surface area contributed by atoms with Gasteiger partial charge < -0.3 is 10.2 Å². The van der Waals surface area contributed by atoms with Gasteiger partial charge in [0.25, 0.3) is 11.6 Å². The Bertz CT molecular complexity index is 812. The Hall–Kier alpha value is -2.89. The third kappa shape index (κ3) is 3.85. The number of hydrogen-bond acceptors (Lipinski definition) is 4. The molecule has 0 unspecified atom stereocenters. The van der Waals surface area contributed by atoms with Crippen LogP contribution in [0, 0.1) is 17.0 Å². The van der Waals surface area contributed by atoms with E-state index in [-0.39, 0.29) is 11.3 Å². The number of para-hydroxylation sites is 3. The molecular formula is C20H23N3O3. The SMILES string of the molecule is Cc1cccc(C(=O)Nc2ccccc2N2CCCCCC2)c1[N+](=O)[O-]. The van der Waals surface area contributed by atoms with Crippen molar-refractivity contribution < 1.29 is 9.72 Å². The number of benzene rings is 2. The first-order valence-electron chi connectivity index (χ1n) is 8.97. The van der Waals surface area contributed by atoms with Gasteiger partial charge in [0.1, 0.15) is 5.56 Å². The summed E-state index contributed by atoms with van der Waals surface area (Å²) in [6.45, 7) is 3.55. The molecule has 0 aromatic heterocycles. The lowest BCUT2D eigenvalue weighted by Gasteiger charge is -2.25. The smallest absolute Gasteiger partial charge is 0.285 e. The first-order valence-corrected chi connectivity index (χ1v) is 8.97. The van der Waals surface area contributed by atoms with Crippen molar-refractivity contribution >= 4 is 23.0 Å². The number of nitrogens with one attached hydrogen (secondary N) is 1. The molecule has 0 aliphatic carbocycles. The van der Waals surface area contributed by atoms with Crippen LogP contribution in [0.1, 0.15) is 41.6 Å². The van der Waals surface area contributed by atoms with E-state index in [1.54, 1.807) is 19.1 Å². The highest BCUT2D eigenvalue weighted by Gasteiger charge is 2.23. The molecule has 3 rings (SSSR count). The van der Waals surface area contributed by atoms with E-state index in [0.717, 1.165) is 31.6 Å². The maximum absolute atomic E-state index is 12.8. The minimum absolute atomic E-state index is 0.0840. The van der Waals surface area contributed by atoms with E-state index in [4.69, 9.17) is 0 Å². The predicted octanol–water partition coefficient (Wildman–Crippen LogP) is 4.54. The molecule has 0 radical (unpaired) electrons. The van der Waals surface area contributed by atoms with Gasteiger partial charge in [-0.05, 0) is 38.0 Å². The summed E-state index contributed by atoms with van der Waals surface area (Å²) in [6.07, 6.45) is 4.71. The molecule has 26 heavy (non-hydrogen) atoms. The first-order chi connectivity index (χ1) is 12.6. The number of hydrogen-bond donors (Lipinski definition) is 1. The van der Waals surface area contributed by atoms with Crippen LogP contribution < -0.4 is 10.2 Å². The topological polar surface area (TPSA) is 75.5 Å². The highest BCUT2D eigenvalue weighted by molar-refractivity contribution is 6.08. The van der Waals surface area contributed by atoms with Crippen molar-refractivity contribution in [2.75, 3.05) is 23.3 Å². The molecule has 0 saturated carbocycles. The van der Waals surface area contributed by atoms with Gasteiger partial charge in [-0.1, -0.05) is 37.1 Å². The zero-order valence-electron chi connectivity index (χ0n) is 14.9. The molecule has 1 saturated heterocycles. The van der Waals surface area contributed by atoms with Gasteiger partial charge >= 0.3 is 0 Å². The normalized spacial score (nSPS) is 14.6. The van der Waals surface area contributed by atoms with E-state index in [0.29, 0.717) is 11.3 Å². The highest BCUT2D eigenvalue weighted by Crippen LogP contribution is 2.30. The van der Waals surface area contributed by atoms with Crippen molar-refractivity contribution in [1.82, 2.24) is 0 Å². The largest absolute Gasteiger partial charge is 0.370 e. The summed E-state index contributed by atoms with van der Waals surface area (Å²) < 4.78 is 0. The van der Waals surface area contributed by atoms with Crippen molar-refractivity contribution in [3.8, 4) is 0 Å². The number of nitro groups is 1. The molecule has 2 aromatic carbocycles. The van der Waals surface area contributed by atoms with Crippen LogP contribution in [-0.4, -0.2) is 23.9 Å². The van der Waals surface area contributed by atoms with Gasteiger partial charge in [0, 0.05) is 18.7 Å². The van der Waals surface area contributed by atoms with Crippen LogP contribution in [0.5, 0.6) is 0 Å². The average molecular weight is 353 g/mol. The van der Waals surface area contributed by atoms with Gasteiger partial charge in [0.05, 0.1) is 16.3 Å². The monoisotopic (exact) mass is 353 g/mol. The Morgan fingerprint density at radius 3 is 2.42 bits per heavy atom. The zero-order valence-corrected chi connectivity index (χ0v) is 14.9. The Balaban J connectivity index is 1.89. The molecule has 6 nitrogen and oxygen atoms in total. The standard InChI is InChI=1S/C20H23N3O3/c1-15-9-8-10-16(19(15)23(25)26)20(24)21-17-11-4-5-12-18(17)22-13-6-2-3-7-14-22/h4-5,8-12H,2-3,6-7,13-14H2,1H3,(H,21,24). The number of rotatable bonds is 4. The minimum Gasteiger partial charge on any atom is -0.370 e. The maximum Gasteiger partial charge on any atom is 0.285 e. The number of amides is 1.